The molecular weight excluding hydrogens is 416 g/mol. The summed E-state index contributed by atoms with van der Waals surface area (Å²) in [7, 11) is 0. The minimum Gasteiger partial charge on any atom is -0.431 e. The molecule has 0 amide bonds. The predicted molar refractivity (Wildman–Crippen MR) is 120 cm³/mol. The number of alkyl halides is 2. The summed E-state index contributed by atoms with van der Waals surface area (Å²) >= 11 is 0. The standard InChI is InChI=1S/C23H33F2N5O2/c1-12(2)29-19(9-18(26)14-6-20(32-23(24)25)22(27)28-10-14)21-16-7-15(8-17(16)21)30-4-5-31-11-13(30)3/h6,9-10,12-13,15-17,21,23H,4-5,7-8,11,26H2,1-3H3,(H2,27,28)/t13-,15?,16-,17+,21?/m0/s1. The van der Waals surface area contributed by atoms with Gasteiger partial charge in [-0.15, -0.1) is 0 Å². The van der Waals surface area contributed by atoms with E-state index < -0.39 is 6.61 Å². The first-order valence-corrected chi connectivity index (χ1v) is 11.3. The summed E-state index contributed by atoms with van der Waals surface area (Å²) in [4.78, 5) is 11.4. The Labute approximate surface area is 187 Å². The fourth-order valence-electron chi connectivity index (χ4n) is 5.37. The number of morpholine rings is 1. The van der Waals surface area contributed by atoms with Crippen LogP contribution in [-0.4, -0.2) is 60.1 Å². The largest absolute Gasteiger partial charge is 0.431 e. The lowest BCUT2D eigenvalue weighted by Crippen LogP contribution is -2.49. The first kappa shape index (κ1) is 22.9. The number of rotatable bonds is 7. The number of hydrogen-bond acceptors (Lipinski definition) is 7. The third-order valence-corrected chi connectivity index (χ3v) is 6.79. The Morgan fingerprint density at radius 2 is 2.06 bits per heavy atom. The molecule has 9 heteroatoms. The van der Waals surface area contributed by atoms with Gasteiger partial charge in [0.15, 0.2) is 11.6 Å². The monoisotopic (exact) mass is 449 g/mol. The predicted octanol–water partition coefficient (Wildman–Crippen LogP) is 3.16. The van der Waals surface area contributed by atoms with Crippen LogP contribution >= 0.6 is 0 Å². The van der Waals surface area contributed by atoms with Crippen molar-refractivity contribution in [3.05, 3.63) is 23.9 Å². The Morgan fingerprint density at radius 1 is 1.34 bits per heavy atom. The molecule has 3 fully saturated rings. The van der Waals surface area contributed by atoms with Crippen molar-refractivity contribution in [2.75, 3.05) is 25.5 Å². The number of aromatic nitrogens is 1. The van der Waals surface area contributed by atoms with Gasteiger partial charge < -0.3 is 20.9 Å². The van der Waals surface area contributed by atoms with Crippen molar-refractivity contribution in [3.63, 3.8) is 0 Å². The molecule has 7 nitrogen and oxygen atoms in total. The van der Waals surface area contributed by atoms with Gasteiger partial charge in [-0.05, 0) is 57.6 Å². The molecule has 0 spiro atoms. The molecular formula is C23H33F2N5O2. The molecule has 0 radical (unpaired) electrons. The number of nitrogen functional groups attached to an aromatic ring is 1. The minimum absolute atomic E-state index is 0.0990. The van der Waals surface area contributed by atoms with E-state index in [9.17, 15) is 8.78 Å². The quantitative estimate of drug-likeness (QED) is 0.621. The molecule has 2 aliphatic carbocycles. The molecule has 5 atom stereocenters. The second-order valence-corrected chi connectivity index (χ2v) is 9.37. The zero-order valence-electron chi connectivity index (χ0n) is 18.9. The lowest BCUT2D eigenvalue weighted by molar-refractivity contribution is -0.0495. The topological polar surface area (TPSA) is 99.0 Å². The average molecular weight is 450 g/mol. The Kier molecular flexibility index (Phi) is 6.67. The molecule has 1 aromatic rings. The van der Waals surface area contributed by atoms with Crippen molar-refractivity contribution < 1.29 is 18.3 Å². The molecule has 0 bridgehead atoms. The third kappa shape index (κ3) is 4.88. The maximum atomic E-state index is 12.6. The van der Waals surface area contributed by atoms with Gasteiger partial charge in [0.2, 0.25) is 0 Å². The number of aliphatic imine (C=N–C) groups is 1. The van der Waals surface area contributed by atoms with Crippen molar-refractivity contribution in [3.8, 4) is 5.75 Å². The van der Waals surface area contributed by atoms with Crippen molar-refractivity contribution in [2.24, 2.45) is 28.5 Å². The van der Waals surface area contributed by atoms with Crippen molar-refractivity contribution in [2.45, 2.75) is 58.3 Å². The van der Waals surface area contributed by atoms with Gasteiger partial charge in [0.1, 0.15) is 0 Å². The summed E-state index contributed by atoms with van der Waals surface area (Å²) in [5.41, 5.74) is 13.9. The summed E-state index contributed by atoms with van der Waals surface area (Å²) in [6.07, 6.45) is 5.67. The summed E-state index contributed by atoms with van der Waals surface area (Å²) < 4.78 is 35.3. The highest BCUT2D eigenvalue weighted by Crippen LogP contribution is 2.59. The van der Waals surface area contributed by atoms with E-state index in [2.05, 4.69) is 21.5 Å². The lowest BCUT2D eigenvalue weighted by Gasteiger charge is -2.38. The van der Waals surface area contributed by atoms with Gasteiger partial charge in [-0.1, -0.05) is 0 Å². The van der Waals surface area contributed by atoms with Gasteiger partial charge in [0.05, 0.1) is 13.2 Å². The number of fused-ring (bicyclic) bond motifs is 1. The summed E-state index contributed by atoms with van der Waals surface area (Å²) in [6, 6.07) is 2.60. The van der Waals surface area contributed by atoms with Crippen LogP contribution in [0.4, 0.5) is 14.6 Å². The number of nitrogens with zero attached hydrogens (tertiary/aromatic N) is 3. The van der Waals surface area contributed by atoms with Crippen LogP contribution in [0.25, 0.3) is 5.70 Å². The molecule has 1 aromatic heterocycles. The van der Waals surface area contributed by atoms with E-state index in [-0.39, 0.29) is 17.6 Å². The molecule has 4 rings (SSSR count). The summed E-state index contributed by atoms with van der Waals surface area (Å²) in [6.45, 7) is 5.96. The number of halogens is 2. The van der Waals surface area contributed by atoms with Gasteiger partial charge >= 0.3 is 6.61 Å². The number of pyridine rings is 1. The number of hydrogen-bond donors (Lipinski definition) is 2. The smallest absolute Gasteiger partial charge is 0.387 e. The van der Waals surface area contributed by atoms with Crippen LogP contribution < -0.4 is 16.2 Å². The molecule has 4 N–H and O–H groups in total. The minimum atomic E-state index is -2.98. The maximum Gasteiger partial charge on any atom is 0.387 e. The lowest BCUT2D eigenvalue weighted by atomic mass is 9.99. The highest BCUT2D eigenvalue weighted by molar-refractivity contribution is 6.04. The van der Waals surface area contributed by atoms with Crippen LogP contribution in [-0.2, 0) is 4.74 Å². The van der Waals surface area contributed by atoms with E-state index in [4.69, 9.17) is 21.2 Å². The fourth-order valence-corrected chi connectivity index (χ4v) is 5.37. The number of ether oxygens (including phenoxy) is 2. The Balaban J connectivity index is 1.48. The molecule has 2 heterocycles. The maximum absolute atomic E-state index is 12.6. The summed E-state index contributed by atoms with van der Waals surface area (Å²) in [5.74, 6) is 1.33. The van der Waals surface area contributed by atoms with E-state index in [1.165, 1.54) is 25.1 Å². The van der Waals surface area contributed by atoms with Crippen LogP contribution in [0.1, 0.15) is 39.2 Å². The molecule has 1 aliphatic heterocycles. The third-order valence-electron chi connectivity index (χ3n) is 6.79. The zero-order valence-corrected chi connectivity index (χ0v) is 18.9. The fraction of sp³-hybridized carbons (Fsp3) is 0.652. The van der Waals surface area contributed by atoms with Gasteiger partial charge in [-0.2, -0.15) is 8.78 Å². The van der Waals surface area contributed by atoms with E-state index in [1.54, 1.807) is 0 Å². The highest BCUT2D eigenvalue weighted by atomic mass is 19.3. The normalized spacial score (nSPS) is 31.3. The molecule has 2 saturated carbocycles. The Hall–Kier alpha value is -2.26. The number of nitrogens with two attached hydrogens (primary N) is 2. The zero-order chi connectivity index (χ0) is 23.0. The highest BCUT2D eigenvalue weighted by Gasteiger charge is 2.58. The van der Waals surface area contributed by atoms with Crippen molar-refractivity contribution in [1.82, 2.24) is 9.88 Å². The Bertz CT molecular complexity index is 879. The number of anilines is 1. The van der Waals surface area contributed by atoms with Crippen LogP contribution in [0.3, 0.4) is 0 Å². The second kappa shape index (κ2) is 9.31. The van der Waals surface area contributed by atoms with E-state index in [0.29, 0.717) is 41.1 Å². The van der Waals surface area contributed by atoms with Gasteiger partial charge in [-0.25, -0.2) is 4.98 Å². The van der Waals surface area contributed by atoms with Gasteiger partial charge in [0, 0.05) is 53.8 Å². The molecule has 3 aliphatic rings. The average Bonchev–Trinajstić information content (AvgIpc) is 3.22. The first-order chi connectivity index (χ1) is 15.2. The van der Waals surface area contributed by atoms with Crippen LogP contribution in [0.5, 0.6) is 5.75 Å². The van der Waals surface area contributed by atoms with E-state index >= 15 is 0 Å². The van der Waals surface area contributed by atoms with Crippen molar-refractivity contribution in [1.29, 1.82) is 0 Å². The second-order valence-electron chi connectivity index (χ2n) is 9.37. The molecule has 1 saturated heterocycles. The number of allylic oxidation sites excluding steroid dienone is 1. The molecule has 176 valence electrons. The SMILES string of the molecule is CC(C)N=C(C=C(N)c1cnc(N)c(OC(F)F)c1)C1[C@H]2CC(N3CCOC[C@@H]3C)C[C@@H]12. The van der Waals surface area contributed by atoms with Crippen molar-refractivity contribution >= 4 is 17.2 Å². The van der Waals surface area contributed by atoms with E-state index in [0.717, 1.165) is 25.5 Å². The van der Waals surface area contributed by atoms with Gasteiger partial charge in [-0.3, -0.25) is 9.89 Å². The molecule has 32 heavy (non-hydrogen) atoms. The van der Waals surface area contributed by atoms with Crippen LogP contribution in [0.2, 0.25) is 0 Å². The first-order valence-electron chi connectivity index (χ1n) is 11.3. The molecule has 0 aromatic carbocycles. The van der Waals surface area contributed by atoms with Crippen LogP contribution in [0.15, 0.2) is 23.3 Å². The molecule has 2 unspecified atom stereocenters. The summed E-state index contributed by atoms with van der Waals surface area (Å²) in [5, 5.41) is 0. The van der Waals surface area contributed by atoms with E-state index in [1.807, 2.05) is 19.9 Å². The Morgan fingerprint density at radius 3 is 2.69 bits per heavy atom. The van der Waals surface area contributed by atoms with Gasteiger partial charge in [0.25, 0.3) is 0 Å². The van der Waals surface area contributed by atoms with Crippen LogP contribution in [0, 0.1) is 17.8 Å².